The molecule has 0 aliphatic carbocycles. The minimum atomic E-state index is 0.136. The Hall–Kier alpha value is -0.610. The zero-order valence-corrected chi connectivity index (χ0v) is 9.28. The van der Waals surface area contributed by atoms with E-state index in [0.29, 0.717) is 12.3 Å². The van der Waals surface area contributed by atoms with Crippen LogP contribution in [0.15, 0.2) is 0 Å². The van der Waals surface area contributed by atoms with E-state index in [2.05, 4.69) is 5.32 Å². The van der Waals surface area contributed by atoms with Crippen LogP contribution in [0.2, 0.25) is 0 Å². The molecule has 15 heavy (non-hydrogen) atoms. The van der Waals surface area contributed by atoms with E-state index in [1.807, 2.05) is 11.9 Å². The Morgan fingerprint density at radius 1 is 1.60 bits per heavy atom. The first-order chi connectivity index (χ1) is 7.24. The van der Waals surface area contributed by atoms with Gasteiger partial charge in [0.15, 0.2) is 0 Å². The van der Waals surface area contributed by atoms with Crippen LogP contribution in [0.1, 0.15) is 19.3 Å². The number of likely N-dealkylation sites (tertiary alicyclic amines) is 1. The summed E-state index contributed by atoms with van der Waals surface area (Å²) in [5.74, 6) is 0.851. The predicted octanol–water partition coefficient (Wildman–Crippen LogP) is -0.175. The maximum Gasteiger partial charge on any atom is 0.223 e. The van der Waals surface area contributed by atoms with Gasteiger partial charge in [-0.25, -0.2) is 0 Å². The van der Waals surface area contributed by atoms with Crippen molar-refractivity contribution in [3.63, 3.8) is 0 Å². The Morgan fingerprint density at radius 2 is 2.40 bits per heavy atom. The average Bonchev–Trinajstić information content (AvgIpc) is 2.56. The Morgan fingerprint density at radius 3 is 3.00 bits per heavy atom. The van der Waals surface area contributed by atoms with Gasteiger partial charge in [0.1, 0.15) is 0 Å². The van der Waals surface area contributed by atoms with Crippen LogP contribution in [-0.2, 0) is 4.79 Å². The molecule has 4 heteroatoms. The van der Waals surface area contributed by atoms with Crippen molar-refractivity contribution in [2.75, 3.05) is 26.7 Å². The third kappa shape index (κ3) is 2.01. The molecule has 0 spiro atoms. The molecule has 0 bridgehead atoms. The number of rotatable bonds is 2. The molecular weight excluding hydrogens is 192 g/mol. The van der Waals surface area contributed by atoms with Gasteiger partial charge >= 0.3 is 0 Å². The number of carbonyl (C=O) groups is 1. The summed E-state index contributed by atoms with van der Waals surface area (Å²) in [6.07, 6.45) is 2.88. The molecule has 0 aromatic carbocycles. The third-order valence-electron chi connectivity index (χ3n) is 3.81. The second-order valence-corrected chi connectivity index (χ2v) is 4.75. The molecule has 2 saturated heterocycles. The fourth-order valence-corrected chi connectivity index (χ4v) is 3.02. The minimum Gasteiger partial charge on any atom is -0.396 e. The summed E-state index contributed by atoms with van der Waals surface area (Å²) in [6, 6.07) is 0.246. The normalized spacial score (nSPS) is 37.3. The van der Waals surface area contributed by atoms with Crippen LogP contribution in [0.4, 0.5) is 0 Å². The van der Waals surface area contributed by atoms with Gasteiger partial charge < -0.3 is 15.3 Å². The first-order valence-corrected chi connectivity index (χ1v) is 5.81. The number of piperidine rings is 1. The second kappa shape index (κ2) is 4.49. The Kier molecular flexibility index (Phi) is 3.26. The van der Waals surface area contributed by atoms with Crippen molar-refractivity contribution in [2.45, 2.75) is 25.3 Å². The highest BCUT2D eigenvalue weighted by molar-refractivity contribution is 5.79. The summed E-state index contributed by atoms with van der Waals surface area (Å²) in [5.41, 5.74) is 0. The van der Waals surface area contributed by atoms with Crippen molar-refractivity contribution in [3.8, 4) is 0 Å². The van der Waals surface area contributed by atoms with Crippen molar-refractivity contribution < 1.29 is 9.90 Å². The van der Waals surface area contributed by atoms with Gasteiger partial charge in [0.05, 0.1) is 0 Å². The summed E-state index contributed by atoms with van der Waals surface area (Å²) in [5, 5.41) is 12.7. The highest BCUT2D eigenvalue weighted by Crippen LogP contribution is 2.32. The Balaban J connectivity index is 2.06. The zero-order valence-electron chi connectivity index (χ0n) is 9.28. The van der Waals surface area contributed by atoms with E-state index in [1.54, 1.807) is 0 Å². The van der Waals surface area contributed by atoms with Crippen LogP contribution in [0.25, 0.3) is 0 Å². The van der Waals surface area contributed by atoms with Crippen molar-refractivity contribution in [3.05, 3.63) is 0 Å². The Bertz CT molecular complexity index is 239. The molecule has 0 aromatic heterocycles. The second-order valence-electron chi connectivity index (χ2n) is 4.75. The van der Waals surface area contributed by atoms with E-state index >= 15 is 0 Å². The van der Waals surface area contributed by atoms with Gasteiger partial charge in [0.25, 0.3) is 0 Å². The van der Waals surface area contributed by atoms with E-state index in [9.17, 15) is 9.90 Å². The lowest BCUT2D eigenvalue weighted by Gasteiger charge is -2.35. The lowest BCUT2D eigenvalue weighted by Crippen LogP contribution is -2.45. The fraction of sp³-hybridized carbons (Fsp3) is 0.909. The topological polar surface area (TPSA) is 52.6 Å². The number of hydrogen-bond acceptors (Lipinski definition) is 3. The largest absolute Gasteiger partial charge is 0.396 e. The molecule has 2 fully saturated rings. The molecule has 0 aromatic rings. The quantitative estimate of drug-likeness (QED) is 0.668. The van der Waals surface area contributed by atoms with E-state index < -0.39 is 0 Å². The van der Waals surface area contributed by atoms with Crippen LogP contribution >= 0.6 is 0 Å². The maximum absolute atomic E-state index is 11.6. The molecule has 4 nitrogen and oxygen atoms in total. The highest BCUT2D eigenvalue weighted by Gasteiger charge is 2.41. The highest BCUT2D eigenvalue weighted by atomic mass is 16.3. The number of nitrogens with zero attached hydrogens (tertiary/aromatic N) is 1. The van der Waals surface area contributed by atoms with Gasteiger partial charge in [-0.3, -0.25) is 4.79 Å². The molecule has 2 aliphatic rings. The summed E-state index contributed by atoms with van der Waals surface area (Å²) < 4.78 is 0. The summed E-state index contributed by atoms with van der Waals surface area (Å²) in [6.45, 7) is 2.21. The predicted molar refractivity (Wildman–Crippen MR) is 57.3 cm³/mol. The summed E-state index contributed by atoms with van der Waals surface area (Å²) >= 11 is 0. The van der Waals surface area contributed by atoms with E-state index in [-0.39, 0.29) is 24.5 Å². The number of carbonyl (C=O) groups excluding carboxylic acids is 1. The molecule has 2 N–H and O–H groups in total. The third-order valence-corrected chi connectivity index (χ3v) is 3.81. The first-order valence-electron chi connectivity index (χ1n) is 5.81. The molecule has 0 saturated carbocycles. The molecule has 3 atom stereocenters. The Labute approximate surface area is 90.6 Å². The number of hydrogen-bond donors (Lipinski definition) is 2. The smallest absolute Gasteiger partial charge is 0.223 e. The van der Waals surface area contributed by atoms with Gasteiger partial charge in [-0.2, -0.15) is 0 Å². The zero-order chi connectivity index (χ0) is 10.8. The lowest BCUT2D eigenvalue weighted by atomic mass is 9.84. The lowest BCUT2D eigenvalue weighted by molar-refractivity contribution is -0.128. The first kappa shape index (κ1) is 10.9. The van der Waals surface area contributed by atoms with Crippen molar-refractivity contribution in [1.29, 1.82) is 0 Å². The van der Waals surface area contributed by atoms with Gasteiger partial charge in [-0.05, 0) is 31.8 Å². The maximum atomic E-state index is 11.6. The van der Waals surface area contributed by atoms with Crippen LogP contribution in [0.5, 0.6) is 0 Å². The van der Waals surface area contributed by atoms with E-state index in [1.165, 1.54) is 12.8 Å². The molecule has 2 aliphatic heterocycles. The van der Waals surface area contributed by atoms with Crippen molar-refractivity contribution in [2.24, 2.45) is 11.8 Å². The fourth-order valence-electron chi connectivity index (χ4n) is 3.02. The monoisotopic (exact) mass is 212 g/mol. The molecule has 0 radical (unpaired) electrons. The standard InChI is InChI=1S/C11H20N2O2/c1-13-10(15)5-9(7-14)11(13)8-3-2-4-12-6-8/h8-9,11-12,14H,2-7H2,1H3. The molecule has 3 unspecified atom stereocenters. The van der Waals surface area contributed by atoms with Crippen LogP contribution in [0, 0.1) is 11.8 Å². The SMILES string of the molecule is CN1C(=O)CC(CO)C1C1CCCNC1. The molecule has 86 valence electrons. The van der Waals surface area contributed by atoms with E-state index in [0.717, 1.165) is 13.1 Å². The van der Waals surface area contributed by atoms with Crippen molar-refractivity contribution >= 4 is 5.91 Å². The van der Waals surface area contributed by atoms with Gasteiger partial charge in [0.2, 0.25) is 5.91 Å². The number of aliphatic hydroxyl groups is 1. The van der Waals surface area contributed by atoms with Crippen LogP contribution < -0.4 is 5.32 Å². The molecular formula is C11H20N2O2. The van der Waals surface area contributed by atoms with Crippen LogP contribution in [0.3, 0.4) is 0 Å². The minimum absolute atomic E-state index is 0.136. The van der Waals surface area contributed by atoms with E-state index in [4.69, 9.17) is 0 Å². The number of nitrogens with one attached hydrogen (secondary N) is 1. The van der Waals surface area contributed by atoms with Gasteiger partial charge in [-0.1, -0.05) is 0 Å². The average molecular weight is 212 g/mol. The molecule has 2 rings (SSSR count). The van der Waals surface area contributed by atoms with Gasteiger partial charge in [-0.15, -0.1) is 0 Å². The number of aliphatic hydroxyl groups excluding tert-OH is 1. The number of amides is 1. The van der Waals surface area contributed by atoms with Crippen molar-refractivity contribution in [1.82, 2.24) is 10.2 Å². The van der Waals surface area contributed by atoms with Crippen LogP contribution in [-0.4, -0.2) is 48.7 Å². The molecule has 2 heterocycles. The summed E-state index contributed by atoms with van der Waals surface area (Å²) in [7, 11) is 1.87. The van der Waals surface area contributed by atoms with Gasteiger partial charge in [0, 0.05) is 32.0 Å². The molecule has 1 amide bonds. The summed E-state index contributed by atoms with van der Waals surface area (Å²) in [4.78, 5) is 13.4.